The predicted molar refractivity (Wildman–Crippen MR) is 146 cm³/mol. The third-order valence-corrected chi connectivity index (χ3v) is 9.53. The maximum absolute atomic E-state index is 14.2. The zero-order valence-electron chi connectivity index (χ0n) is 22.7. The Bertz CT molecular complexity index is 1120. The first-order chi connectivity index (χ1) is 18.9. The lowest BCUT2D eigenvalue weighted by atomic mass is 9.80. The molecule has 2 aromatic carbocycles. The van der Waals surface area contributed by atoms with Crippen molar-refractivity contribution in [2.45, 2.75) is 69.7 Å². The van der Waals surface area contributed by atoms with Crippen LogP contribution >= 0.6 is 0 Å². The Hall–Kier alpha value is -2.38. The molecule has 3 aliphatic rings. The van der Waals surface area contributed by atoms with Crippen LogP contribution < -0.4 is 0 Å². The normalized spacial score (nSPS) is 24.1. The van der Waals surface area contributed by atoms with Gasteiger partial charge in [-0.15, -0.1) is 0 Å². The SMILES string of the molecule is O=C(O)[C@@H](CC1CCC1)N1C[C@H](CN2CCC(CCCc3ccc(F)cc3F)CC2)[C@@H](c2cccc(F)c2)C1. The average molecular weight is 543 g/mol. The highest BCUT2D eigenvalue weighted by atomic mass is 19.1. The van der Waals surface area contributed by atoms with Gasteiger partial charge in [-0.25, -0.2) is 13.2 Å². The standard InChI is InChI=1S/C32H41F3N2O2/c33-27-9-3-8-25(17-27)29-21-37(31(32(38)39)16-23-5-1-6-23)20-26(29)19-36-14-12-22(13-15-36)4-2-7-24-10-11-28(34)18-30(24)35/h3,8-11,17-18,22-23,26,29,31H,1-2,4-7,12-16,19-21H2,(H,38,39)/t26-,29+,31+/m0/s1. The summed E-state index contributed by atoms with van der Waals surface area (Å²) in [6.07, 6.45) is 8.91. The smallest absolute Gasteiger partial charge is 0.320 e. The first-order valence-corrected chi connectivity index (χ1v) is 14.7. The van der Waals surface area contributed by atoms with E-state index in [0.29, 0.717) is 36.8 Å². The van der Waals surface area contributed by atoms with Crippen molar-refractivity contribution in [3.8, 4) is 0 Å². The molecule has 2 saturated heterocycles. The maximum atomic E-state index is 14.2. The number of carboxylic acids is 1. The molecule has 39 heavy (non-hydrogen) atoms. The van der Waals surface area contributed by atoms with Gasteiger partial charge >= 0.3 is 5.97 Å². The number of nitrogens with zero attached hydrogens (tertiary/aromatic N) is 2. The predicted octanol–water partition coefficient (Wildman–Crippen LogP) is 6.50. The van der Waals surface area contributed by atoms with Crippen molar-refractivity contribution in [3.05, 3.63) is 71.0 Å². The zero-order chi connectivity index (χ0) is 27.4. The van der Waals surface area contributed by atoms with Crippen molar-refractivity contribution >= 4 is 5.97 Å². The molecule has 2 aliphatic heterocycles. The molecule has 1 saturated carbocycles. The van der Waals surface area contributed by atoms with E-state index >= 15 is 0 Å². The second kappa shape index (κ2) is 12.9. The van der Waals surface area contributed by atoms with E-state index < -0.39 is 23.6 Å². The minimum atomic E-state index is -0.734. The Morgan fingerprint density at radius 2 is 1.72 bits per heavy atom. The van der Waals surface area contributed by atoms with Crippen LogP contribution in [0.25, 0.3) is 0 Å². The molecule has 0 amide bonds. The van der Waals surface area contributed by atoms with Crippen molar-refractivity contribution < 1.29 is 23.1 Å². The minimum absolute atomic E-state index is 0.118. The second-order valence-corrected chi connectivity index (χ2v) is 12.1. The van der Waals surface area contributed by atoms with Gasteiger partial charge < -0.3 is 10.0 Å². The van der Waals surface area contributed by atoms with E-state index in [9.17, 15) is 23.1 Å². The van der Waals surface area contributed by atoms with Crippen LogP contribution in [0.4, 0.5) is 13.2 Å². The molecule has 0 aromatic heterocycles. The highest BCUT2D eigenvalue weighted by Crippen LogP contribution is 2.38. The summed E-state index contributed by atoms with van der Waals surface area (Å²) < 4.78 is 41.2. The third kappa shape index (κ3) is 7.23. The first kappa shape index (κ1) is 28.2. The van der Waals surface area contributed by atoms with Gasteiger partial charge in [0, 0.05) is 31.6 Å². The lowest BCUT2D eigenvalue weighted by Crippen LogP contribution is -2.43. The zero-order valence-corrected chi connectivity index (χ0v) is 22.7. The molecule has 5 rings (SSSR count). The van der Waals surface area contributed by atoms with E-state index in [-0.39, 0.29) is 17.7 Å². The van der Waals surface area contributed by atoms with Crippen LogP contribution in [-0.4, -0.2) is 59.6 Å². The number of hydrogen-bond acceptors (Lipinski definition) is 3. The van der Waals surface area contributed by atoms with Crippen molar-refractivity contribution in [2.75, 3.05) is 32.7 Å². The Balaban J connectivity index is 1.16. The van der Waals surface area contributed by atoms with Crippen LogP contribution in [0.1, 0.15) is 68.4 Å². The van der Waals surface area contributed by atoms with Crippen molar-refractivity contribution in [1.82, 2.24) is 9.80 Å². The minimum Gasteiger partial charge on any atom is -0.480 e. The van der Waals surface area contributed by atoms with Crippen LogP contribution in [-0.2, 0) is 11.2 Å². The summed E-state index contributed by atoms with van der Waals surface area (Å²) in [4.78, 5) is 16.9. The number of aryl methyl sites for hydroxylation is 1. The molecule has 0 bridgehead atoms. The Labute approximate surface area is 230 Å². The van der Waals surface area contributed by atoms with Crippen LogP contribution in [0.3, 0.4) is 0 Å². The molecule has 2 heterocycles. The van der Waals surface area contributed by atoms with Gasteiger partial charge in [0.2, 0.25) is 0 Å². The van der Waals surface area contributed by atoms with Gasteiger partial charge in [0.1, 0.15) is 23.5 Å². The third-order valence-electron chi connectivity index (χ3n) is 9.53. The largest absolute Gasteiger partial charge is 0.480 e. The molecular formula is C32H41F3N2O2. The van der Waals surface area contributed by atoms with Gasteiger partial charge in [0.05, 0.1) is 0 Å². The van der Waals surface area contributed by atoms with E-state index in [1.54, 1.807) is 18.2 Å². The van der Waals surface area contributed by atoms with Gasteiger partial charge in [-0.3, -0.25) is 9.69 Å². The summed E-state index contributed by atoms with van der Waals surface area (Å²) in [7, 11) is 0. The summed E-state index contributed by atoms with van der Waals surface area (Å²) in [6.45, 7) is 4.27. The number of aliphatic carboxylic acids is 1. The quantitative estimate of drug-likeness (QED) is 0.352. The number of carboxylic acid groups (broad SMARTS) is 1. The topological polar surface area (TPSA) is 43.8 Å². The first-order valence-electron chi connectivity index (χ1n) is 14.7. The summed E-state index contributed by atoms with van der Waals surface area (Å²) in [5.41, 5.74) is 1.55. The molecule has 3 fully saturated rings. The maximum Gasteiger partial charge on any atom is 0.320 e. The molecule has 1 N–H and O–H groups in total. The molecule has 3 atom stereocenters. The van der Waals surface area contributed by atoms with E-state index in [4.69, 9.17) is 0 Å². The fourth-order valence-electron chi connectivity index (χ4n) is 7.00. The number of likely N-dealkylation sites (tertiary alicyclic amines) is 2. The number of carbonyl (C=O) groups is 1. The average Bonchev–Trinajstić information content (AvgIpc) is 3.28. The number of rotatable bonds is 11. The molecule has 4 nitrogen and oxygen atoms in total. The van der Waals surface area contributed by atoms with Crippen LogP contribution in [0, 0.1) is 35.2 Å². The Morgan fingerprint density at radius 3 is 2.38 bits per heavy atom. The number of benzene rings is 2. The van der Waals surface area contributed by atoms with E-state index in [1.807, 2.05) is 6.07 Å². The fraction of sp³-hybridized carbons (Fsp3) is 0.594. The van der Waals surface area contributed by atoms with E-state index in [2.05, 4.69) is 9.80 Å². The van der Waals surface area contributed by atoms with Gasteiger partial charge in [-0.05, 0) is 92.3 Å². The molecule has 7 heteroatoms. The van der Waals surface area contributed by atoms with Gasteiger partial charge in [-0.2, -0.15) is 0 Å². The molecule has 0 radical (unpaired) electrons. The number of hydrogen-bond donors (Lipinski definition) is 1. The van der Waals surface area contributed by atoms with Gasteiger partial charge in [-0.1, -0.05) is 43.9 Å². The molecule has 1 aliphatic carbocycles. The molecule has 212 valence electrons. The molecule has 2 aromatic rings. The lowest BCUT2D eigenvalue weighted by molar-refractivity contribution is -0.144. The van der Waals surface area contributed by atoms with Gasteiger partial charge in [0.25, 0.3) is 0 Å². The molecule has 0 unspecified atom stereocenters. The van der Waals surface area contributed by atoms with Crippen molar-refractivity contribution in [3.63, 3.8) is 0 Å². The van der Waals surface area contributed by atoms with Gasteiger partial charge in [0.15, 0.2) is 0 Å². The number of halogens is 3. The van der Waals surface area contributed by atoms with E-state index in [0.717, 1.165) is 76.3 Å². The lowest BCUT2D eigenvalue weighted by Gasteiger charge is -2.35. The van der Waals surface area contributed by atoms with Crippen LogP contribution in [0.2, 0.25) is 0 Å². The second-order valence-electron chi connectivity index (χ2n) is 12.1. The van der Waals surface area contributed by atoms with Crippen molar-refractivity contribution in [2.24, 2.45) is 17.8 Å². The Kier molecular flexibility index (Phi) is 9.28. The van der Waals surface area contributed by atoms with Crippen molar-refractivity contribution in [1.29, 1.82) is 0 Å². The summed E-state index contributed by atoms with van der Waals surface area (Å²) in [5, 5.41) is 10.1. The molecule has 0 spiro atoms. The fourth-order valence-corrected chi connectivity index (χ4v) is 7.00. The van der Waals surface area contributed by atoms with E-state index in [1.165, 1.54) is 18.6 Å². The van der Waals surface area contributed by atoms with Crippen LogP contribution in [0.5, 0.6) is 0 Å². The summed E-state index contributed by atoms with van der Waals surface area (Å²) in [6, 6.07) is 10.2. The monoisotopic (exact) mass is 542 g/mol. The van der Waals surface area contributed by atoms with Crippen LogP contribution in [0.15, 0.2) is 42.5 Å². The highest BCUT2D eigenvalue weighted by Gasteiger charge is 2.41. The summed E-state index contributed by atoms with van der Waals surface area (Å²) in [5.74, 6) is -0.483. The summed E-state index contributed by atoms with van der Waals surface area (Å²) >= 11 is 0. The Morgan fingerprint density at radius 1 is 0.949 bits per heavy atom. The number of piperidine rings is 1. The highest BCUT2D eigenvalue weighted by molar-refractivity contribution is 5.73. The molecular weight excluding hydrogens is 501 g/mol.